The Morgan fingerprint density at radius 3 is 2.59 bits per heavy atom. The van der Waals surface area contributed by atoms with Crippen LogP contribution in [0.4, 0.5) is 5.82 Å². The minimum atomic E-state index is 0.667. The standard InChI is InChI=1S/C20H26N6O/c1-15-12-17-18(13-16(15)2)26(14-22-17)20-21-5-4-19(23-20)25-8-6-24(7-9-25)10-11-27-3/h4-5,12-14H,6-11H2,1-3H3. The third-order valence-corrected chi connectivity index (χ3v) is 5.31. The number of aryl methyl sites for hydroxylation is 2. The number of nitrogens with zero attached hydrogens (tertiary/aromatic N) is 6. The molecular formula is C20H26N6O. The zero-order valence-corrected chi connectivity index (χ0v) is 16.2. The summed E-state index contributed by atoms with van der Waals surface area (Å²) in [6, 6.07) is 6.26. The van der Waals surface area contributed by atoms with E-state index in [1.807, 2.05) is 23.2 Å². The molecule has 3 heterocycles. The van der Waals surface area contributed by atoms with Gasteiger partial charge in [0.1, 0.15) is 12.1 Å². The molecule has 7 heteroatoms. The van der Waals surface area contributed by atoms with Gasteiger partial charge in [0.05, 0.1) is 17.6 Å². The number of ether oxygens (including phenoxy) is 1. The van der Waals surface area contributed by atoms with Crippen LogP contribution in [0.25, 0.3) is 17.0 Å². The highest BCUT2D eigenvalue weighted by atomic mass is 16.5. The SMILES string of the molecule is COCCN1CCN(c2ccnc(-n3cnc4cc(C)c(C)cc43)n2)CC1. The molecule has 0 amide bonds. The van der Waals surface area contributed by atoms with E-state index in [2.05, 4.69) is 45.7 Å². The number of rotatable bonds is 5. The van der Waals surface area contributed by atoms with Crippen LogP contribution >= 0.6 is 0 Å². The molecule has 3 aromatic rings. The first-order valence-corrected chi connectivity index (χ1v) is 9.39. The molecule has 0 unspecified atom stereocenters. The molecule has 0 saturated carbocycles. The van der Waals surface area contributed by atoms with Crippen LogP contribution in [-0.2, 0) is 4.74 Å². The number of hydrogen-bond donors (Lipinski definition) is 0. The topological polar surface area (TPSA) is 59.3 Å². The van der Waals surface area contributed by atoms with Crippen molar-refractivity contribution in [3.05, 3.63) is 41.9 Å². The van der Waals surface area contributed by atoms with Crippen LogP contribution in [0.2, 0.25) is 0 Å². The number of hydrogen-bond acceptors (Lipinski definition) is 6. The van der Waals surface area contributed by atoms with Crippen molar-refractivity contribution in [2.24, 2.45) is 0 Å². The van der Waals surface area contributed by atoms with Crippen molar-refractivity contribution in [1.82, 2.24) is 24.4 Å². The fourth-order valence-corrected chi connectivity index (χ4v) is 3.48. The van der Waals surface area contributed by atoms with Crippen molar-refractivity contribution in [1.29, 1.82) is 0 Å². The Balaban J connectivity index is 1.56. The molecule has 0 bridgehead atoms. The summed E-state index contributed by atoms with van der Waals surface area (Å²) in [4.78, 5) is 18.6. The molecule has 0 atom stereocenters. The molecule has 1 saturated heterocycles. The predicted molar refractivity (Wildman–Crippen MR) is 107 cm³/mol. The van der Waals surface area contributed by atoms with E-state index in [1.54, 1.807) is 7.11 Å². The van der Waals surface area contributed by atoms with Gasteiger partial charge in [-0.3, -0.25) is 9.47 Å². The molecule has 1 aliphatic rings. The van der Waals surface area contributed by atoms with Crippen LogP contribution in [0, 0.1) is 13.8 Å². The van der Waals surface area contributed by atoms with E-state index in [9.17, 15) is 0 Å². The summed E-state index contributed by atoms with van der Waals surface area (Å²) in [5.74, 6) is 1.64. The average molecular weight is 366 g/mol. The first kappa shape index (κ1) is 17.9. The van der Waals surface area contributed by atoms with Crippen LogP contribution in [0.3, 0.4) is 0 Å². The molecule has 2 aromatic heterocycles. The second-order valence-corrected chi connectivity index (χ2v) is 7.08. The van der Waals surface area contributed by atoms with Crippen molar-refractivity contribution in [2.45, 2.75) is 13.8 Å². The lowest BCUT2D eigenvalue weighted by Gasteiger charge is -2.35. The van der Waals surface area contributed by atoms with Crippen LogP contribution in [0.5, 0.6) is 0 Å². The van der Waals surface area contributed by atoms with Gasteiger partial charge < -0.3 is 9.64 Å². The lowest BCUT2D eigenvalue weighted by atomic mass is 10.1. The quantitative estimate of drug-likeness (QED) is 0.690. The minimum Gasteiger partial charge on any atom is -0.383 e. The monoisotopic (exact) mass is 366 g/mol. The maximum absolute atomic E-state index is 5.18. The number of anilines is 1. The molecule has 7 nitrogen and oxygen atoms in total. The van der Waals surface area contributed by atoms with Crippen LogP contribution in [0.1, 0.15) is 11.1 Å². The van der Waals surface area contributed by atoms with Gasteiger partial charge in [0.2, 0.25) is 5.95 Å². The normalized spacial score (nSPS) is 15.6. The molecule has 0 aliphatic carbocycles. The highest BCUT2D eigenvalue weighted by Crippen LogP contribution is 2.21. The Morgan fingerprint density at radius 1 is 1.04 bits per heavy atom. The Bertz CT molecular complexity index is 929. The van der Waals surface area contributed by atoms with E-state index < -0.39 is 0 Å². The molecule has 4 rings (SSSR count). The summed E-state index contributed by atoms with van der Waals surface area (Å²) in [6.07, 6.45) is 3.65. The lowest BCUT2D eigenvalue weighted by Crippen LogP contribution is -2.47. The minimum absolute atomic E-state index is 0.667. The largest absolute Gasteiger partial charge is 0.383 e. The van der Waals surface area contributed by atoms with Crippen LogP contribution < -0.4 is 4.90 Å². The fraction of sp³-hybridized carbons (Fsp3) is 0.450. The zero-order chi connectivity index (χ0) is 18.8. The van der Waals surface area contributed by atoms with Crippen molar-refractivity contribution < 1.29 is 4.74 Å². The summed E-state index contributed by atoms with van der Waals surface area (Å²) in [6.45, 7) is 9.96. The van der Waals surface area contributed by atoms with Crippen molar-refractivity contribution in [2.75, 3.05) is 51.3 Å². The van der Waals surface area contributed by atoms with Gasteiger partial charge in [-0.2, -0.15) is 4.98 Å². The number of methoxy groups -OCH3 is 1. The van der Waals surface area contributed by atoms with Gasteiger partial charge in [-0.15, -0.1) is 0 Å². The lowest BCUT2D eigenvalue weighted by molar-refractivity contribution is 0.144. The summed E-state index contributed by atoms with van der Waals surface area (Å²) in [7, 11) is 1.75. The Morgan fingerprint density at radius 2 is 1.81 bits per heavy atom. The number of piperazine rings is 1. The van der Waals surface area contributed by atoms with E-state index in [0.717, 1.165) is 56.2 Å². The van der Waals surface area contributed by atoms with Crippen molar-refractivity contribution in [3.8, 4) is 5.95 Å². The first-order chi connectivity index (χ1) is 13.2. The Labute approximate surface area is 159 Å². The molecule has 0 radical (unpaired) electrons. The summed E-state index contributed by atoms with van der Waals surface area (Å²) in [5.41, 5.74) is 4.50. The van der Waals surface area contributed by atoms with Crippen molar-refractivity contribution in [3.63, 3.8) is 0 Å². The first-order valence-electron chi connectivity index (χ1n) is 9.39. The summed E-state index contributed by atoms with van der Waals surface area (Å²) < 4.78 is 7.15. The number of fused-ring (bicyclic) bond motifs is 1. The van der Waals surface area contributed by atoms with Crippen LogP contribution in [-0.4, -0.2) is 70.9 Å². The van der Waals surface area contributed by atoms with Gasteiger partial charge in [-0.25, -0.2) is 9.97 Å². The average Bonchev–Trinajstić information content (AvgIpc) is 3.10. The molecule has 27 heavy (non-hydrogen) atoms. The summed E-state index contributed by atoms with van der Waals surface area (Å²) >= 11 is 0. The van der Waals surface area contributed by atoms with Gasteiger partial charge in [-0.05, 0) is 43.2 Å². The molecule has 1 aromatic carbocycles. The second kappa shape index (κ2) is 7.62. The van der Waals surface area contributed by atoms with E-state index in [1.165, 1.54) is 11.1 Å². The van der Waals surface area contributed by atoms with Crippen molar-refractivity contribution >= 4 is 16.9 Å². The molecular weight excluding hydrogens is 340 g/mol. The van der Waals surface area contributed by atoms with E-state index >= 15 is 0 Å². The fourth-order valence-electron chi connectivity index (χ4n) is 3.48. The van der Waals surface area contributed by atoms with Crippen LogP contribution in [0.15, 0.2) is 30.7 Å². The summed E-state index contributed by atoms with van der Waals surface area (Å²) in [5, 5.41) is 0. The van der Waals surface area contributed by atoms with E-state index in [4.69, 9.17) is 9.72 Å². The zero-order valence-electron chi connectivity index (χ0n) is 16.2. The molecule has 0 spiro atoms. The van der Waals surface area contributed by atoms with Gasteiger partial charge in [0.15, 0.2) is 0 Å². The molecule has 142 valence electrons. The van der Waals surface area contributed by atoms with E-state index in [0.29, 0.717) is 5.95 Å². The third-order valence-electron chi connectivity index (χ3n) is 5.31. The number of imidazole rings is 1. The van der Waals surface area contributed by atoms with Gasteiger partial charge in [0, 0.05) is 46.0 Å². The Hall–Kier alpha value is -2.51. The molecule has 0 N–H and O–H groups in total. The smallest absolute Gasteiger partial charge is 0.237 e. The predicted octanol–water partition coefficient (Wildman–Crippen LogP) is 2.20. The molecule has 1 fully saturated rings. The van der Waals surface area contributed by atoms with Gasteiger partial charge in [0.25, 0.3) is 0 Å². The highest BCUT2D eigenvalue weighted by molar-refractivity contribution is 5.78. The highest BCUT2D eigenvalue weighted by Gasteiger charge is 2.18. The second-order valence-electron chi connectivity index (χ2n) is 7.08. The van der Waals surface area contributed by atoms with Gasteiger partial charge >= 0.3 is 0 Å². The number of aromatic nitrogens is 4. The maximum Gasteiger partial charge on any atom is 0.237 e. The van der Waals surface area contributed by atoms with E-state index in [-0.39, 0.29) is 0 Å². The maximum atomic E-state index is 5.18. The Kier molecular flexibility index (Phi) is 5.05. The molecule has 1 aliphatic heterocycles. The third kappa shape index (κ3) is 3.65. The van der Waals surface area contributed by atoms with Gasteiger partial charge in [-0.1, -0.05) is 0 Å². The number of benzene rings is 1.